The largest absolute Gasteiger partial charge is 0.391 e. The second kappa shape index (κ2) is 6.38. The molecule has 1 aliphatic rings. The Morgan fingerprint density at radius 3 is 2.36 bits per heavy atom. The van der Waals surface area contributed by atoms with Gasteiger partial charge in [-0.2, -0.15) is 18.2 Å². The molecule has 2 aromatic heterocycles. The smallest absolute Gasteiger partial charge is 0.384 e. The molecule has 0 aliphatic carbocycles. The van der Waals surface area contributed by atoms with E-state index >= 15 is 0 Å². The molecule has 3 heterocycles. The molecule has 0 saturated carbocycles. The molecule has 1 aliphatic heterocycles. The number of nitrogen functional groups attached to an aromatic ring is 2. The summed E-state index contributed by atoms with van der Waals surface area (Å²) in [5.41, 5.74) is 13.5. The van der Waals surface area contributed by atoms with Gasteiger partial charge in [0.25, 0.3) is 0 Å². The third kappa shape index (κ3) is 3.59. The quantitative estimate of drug-likeness (QED) is 0.863. The van der Waals surface area contributed by atoms with E-state index in [4.69, 9.17) is 11.5 Å². The van der Waals surface area contributed by atoms with Crippen LogP contribution in [0.15, 0.2) is 18.3 Å². The van der Waals surface area contributed by atoms with Gasteiger partial charge in [-0.3, -0.25) is 0 Å². The van der Waals surface area contributed by atoms with Crippen molar-refractivity contribution in [2.45, 2.75) is 25.9 Å². The van der Waals surface area contributed by atoms with E-state index in [-0.39, 0.29) is 31.9 Å². The molecule has 4 N–H and O–H groups in total. The zero-order chi connectivity index (χ0) is 18.2. The van der Waals surface area contributed by atoms with E-state index in [0.29, 0.717) is 22.9 Å². The van der Waals surface area contributed by atoms with Crippen LogP contribution in [0.3, 0.4) is 0 Å². The fourth-order valence-electron chi connectivity index (χ4n) is 3.12. The zero-order valence-corrected chi connectivity index (χ0v) is 13.7. The number of alkyl halides is 3. The van der Waals surface area contributed by atoms with Crippen molar-refractivity contribution in [1.82, 2.24) is 15.0 Å². The summed E-state index contributed by atoms with van der Waals surface area (Å²) in [7, 11) is 0. The van der Waals surface area contributed by atoms with E-state index in [1.54, 1.807) is 25.3 Å². The van der Waals surface area contributed by atoms with Crippen LogP contribution >= 0.6 is 0 Å². The molecule has 6 nitrogen and oxygen atoms in total. The van der Waals surface area contributed by atoms with Gasteiger partial charge in [0.15, 0.2) is 0 Å². The number of rotatable bonds is 2. The molecule has 0 unspecified atom stereocenters. The Kier molecular flexibility index (Phi) is 4.40. The predicted octanol–water partition coefficient (Wildman–Crippen LogP) is 2.79. The van der Waals surface area contributed by atoms with Crippen LogP contribution in [0.5, 0.6) is 0 Å². The Hall–Kier alpha value is -2.58. The fourth-order valence-corrected chi connectivity index (χ4v) is 3.12. The van der Waals surface area contributed by atoms with Gasteiger partial charge in [-0.1, -0.05) is 0 Å². The van der Waals surface area contributed by atoms with E-state index in [1.807, 2.05) is 4.90 Å². The zero-order valence-electron chi connectivity index (χ0n) is 13.7. The fraction of sp³-hybridized carbons (Fsp3) is 0.438. The average molecular weight is 352 g/mol. The molecule has 1 saturated heterocycles. The van der Waals surface area contributed by atoms with Gasteiger partial charge in [0, 0.05) is 30.4 Å². The summed E-state index contributed by atoms with van der Waals surface area (Å²) in [6.07, 6.45) is -2.49. The van der Waals surface area contributed by atoms with Crippen LogP contribution in [0.2, 0.25) is 0 Å². The number of piperidine rings is 1. The molecule has 0 bridgehead atoms. The lowest BCUT2D eigenvalue weighted by atomic mass is 9.95. The predicted molar refractivity (Wildman–Crippen MR) is 89.8 cm³/mol. The highest BCUT2D eigenvalue weighted by molar-refractivity contribution is 5.78. The van der Waals surface area contributed by atoms with E-state index < -0.39 is 12.1 Å². The van der Waals surface area contributed by atoms with E-state index in [0.717, 1.165) is 5.56 Å². The van der Waals surface area contributed by atoms with Gasteiger partial charge in [-0.25, -0.2) is 9.97 Å². The molecule has 0 radical (unpaired) electrons. The number of nitrogens with zero attached hydrogens (tertiary/aromatic N) is 4. The maximum absolute atomic E-state index is 12.9. The van der Waals surface area contributed by atoms with E-state index in [1.165, 1.54) is 0 Å². The first-order valence-electron chi connectivity index (χ1n) is 7.93. The SMILES string of the molecule is Cc1nc(N)nc(N2CCC(C(F)(F)F)CC2)c1-c1ccc(N)nc1. The lowest BCUT2D eigenvalue weighted by molar-refractivity contribution is -0.179. The first kappa shape index (κ1) is 17.2. The second-order valence-corrected chi connectivity index (χ2v) is 6.14. The summed E-state index contributed by atoms with van der Waals surface area (Å²) in [6, 6.07) is 3.45. The van der Waals surface area contributed by atoms with Crippen LogP contribution in [0.1, 0.15) is 18.5 Å². The number of hydrogen-bond donors (Lipinski definition) is 2. The summed E-state index contributed by atoms with van der Waals surface area (Å²) in [6.45, 7) is 2.31. The van der Waals surface area contributed by atoms with Gasteiger partial charge in [0.05, 0.1) is 11.6 Å². The summed E-state index contributed by atoms with van der Waals surface area (Å²) < 4.78 is 38.7. The number of pyridine rings is 1. The Labute approximate surface area is 143 Å². The lowest BCUT2D eigenvalue weighted by Crippen LogP contribution is -2.39. The highest BCUT2D eigenvalue weighted by Gasteiger charge is 2.41. The topological polar surface area (TPSA) is 94.0 Å². The van der Waals surface area contributed by atoms with Crippen molar-refractivity contribution in [3.05, 3.63) is 24.0 Å². The molecule has 1 fully saturated rings. The van der Waals surface area contributed by atoms with Gasteiger partial charge in [0.2, 0.25) is 5.95 Å². The molecule has 0 aromatic carbocycles. The third-order valence-electron chi connectivity index (χ3n) is 4.42. The monoisotopic (exact) mass is 352 g/mol. The molecule has 134 valence electrons. The van der Waals surface area contributed by atoms with Crippen LogP contribution in [-0.2, 0) is 0 Å². The Bertz CT molecular complexity index is 752. The van der Waals surface area contributed by atoms with Crippen molar-refractivity contribution in [3.63, 3.8) is 0 Å². The van der Waals surface area contributed by atoms with E-state index in [9.17, 15) is 13.2 Å². The lowest BCUT2D eigenvalue weighted by Gasteiger charge is -2.34. The van der Waals surface area contributed by atoms with Crippen molar-refractivity contribution >= 4 is 17.6 Å². The number of anilines is 3. The highest BCUT2D eigenvalue weighted by atomic mass is 19.4. The van der Waals surface area contributed by atoms with Crippen LogP contribution in [0.4, 0.5) is 30.8 Å². The normalized spacial score (nSPS) is 16.2. The van der Waals surface area contributed by atoms with E-state index in [2.05, 4.69) is 15.0 Å². The summed E-state index contributed by atoms with van der Waals surface area (Å²) in [4.78, 5) is 14.4. The van der Waals surface area contributed by atoms with Crippen molar-refractivity contribution in [1.29, 1.82) is 0 Å². The minimum absolute atomic E-state index is 0.0336. The molecule has 9 heteroatoms. The minimum atomic E-state index is -4.16. The Morgan fingerprint density at radius 2 is 1.80 bits per heavy atom. The average Bonchev–Trinajstić information content (AvgIpc) is 2.55. The van der Waals surface area contributed by atoms with Crippen molar-refractivity contribution in [3.8, 4) is 11.1 Å². The number of nitrogens with two attached hydrogens (primary N) is 2. The van der Waals surface area contributed by atoms with Gasteiger partial charge < -0.3 is 16.4 Å². The molecular formula is C16H19F3N6. The first-order valence-corrected chi connectivity index (χ1v) is 7.93. The van der Waals surface area contributed by atoms with Crippen molar-refractivity contribution < 1.29 is 13.2 Å². The van der Waals surface area contributed by atoms with Gasteiger partial charge in [0.1, 0.15) is 11.6 Å². The summed E-state index contributed by atoms with van der Waals surface area (Å²) in [5.74, 6) is -0.259. The van der Waals surface area contributed by atoms with Crippen LogP contribution in [0.25, 0.3) is 11.1 Å². The second-order valence-electron chi connectivity index (χ2n) is 6.14. The van der Waals surface area contributed by atoms with Crippen LogP contribution in [-0.4, -0.2) is 34.2 Å². The summed E-state index contributed by atoms with van der Waals surface area (Å²) >= 11 is 0. The molecular weight excluding hydrogens is 333 g/mol. The maximum atomic E-state index is 12.9. The molecule has 0 amide bonds. The molecule has 2 aromatic rings. The first-order chi connectivity index (χ1) is 11.8. The highest BCUT2D eigenvalue weighted by Crippen LogP contribution is 2.38. The van der Waals surface area contributed by atoms with Crippen LogP contribution < -0.4 is 16.4 Å². The third-order valence-corrected chi connectivity index (χ3v) is 4.42. The van der Waals surface area contributed by atoms with Crippen molar-refractivity contribution in [2.24, 2.45) is 5.92 Å². The molecule has 3 rings (SSSR count). The summed E-state index contributed by atoms with van der Waals surface area (Å²) in [5, 5.41) is 0. The Morgan fingerprint density at radius 1 is 1.12 bits per heavy atom. The number of aromatic nitrogens is 3. The number of hydrogen-bond acceptors (Lipinski definition) is 6. The standard InChI is InChI=1S/C16H19F3N6/c1-9-13(10-2-3-12(20)22-8-10)14(24-15(21)23-9)25-6-4-11(5-7-25)16(17,18)19/h2-3,8,11H,4-7H2,1H3,(H2,20,22)(H2,21,23,24). The number of halogens is 3. The van der Waals surface area contributed by atoms with Gasteiger partial charge >= 0.3 is 6.18 Å². The Balaban J connectivity index is 1.95. The molecule has 0 spiro atoms. The number of aryl methyl sites for hydroxylation is 1. The minimum Gasteiger partial charge on any atom is -0.384 e. The maximum Gasteiger partial charge on any atom is 0.391 e. The molecule has 0 atom stereocenters. The van der Waals surface area contributed by atoms with Gasteiger partial charge in [-0.15, -0.1) is 0 Å². The van der Waals surface area contributed by atoms with Gasteiger partial charge in [-0.05, 0) is 31.9 Å². The van der Waals surface area contributed by atoms with Crippen LogP contribution in [0, 0.1) is 12.8 Å². The van der Waals surface area contributed by atoms with Crippen molar-refractivity contribution in [2.75, 3.05) is 29.5 Å². The molecule has 25 heavy (non-hydrogen) atoms.